The first-order valence-corrected chi connectivity index (χ1v) is 8.66. The Morgan fingerprint density at radius 3 is 1.11 bits per heavy atom. The molecule has 0 saturated carbocycles. The van der Waals surface area contributed by atoms with Crippen molar-refractivity contribution in [2.24, 2.45) is 0 Å². The second kappa shape index (κ2) is 36.5. The fourth-order valence-corrected chi connectivity index (χ4v) is 0. The van der Waals surface area contributed by atoms with Gasteiger partial charge in [-0.3, -0.25) is 6.79 Å². The van der Waals surface area contributed by atoms with Crippen LogP contribution in [0.15, 0.2) is 0 Å². The van der Waals surface area contributed by atoms with Crippen molar-refractivity contribution in [2.75, 3.05) is 0 Å². The van der Waals surface area contributed by atoms with Gasteiger partial charge >= 0.3 is 42.4 Å². The number of halogens is 3. The summed E-state index contributed by atoms with van der Waals surface area (Å²) in [5.74, 6) is 0. The van der Waals surface area contributed by atoms with Gasteiger partial charge in [-0.05, 0) is 0 Å². The molecule has 0 fully saturated rings. The van der Waals surface area contributed by atoms with Crippen LogP contribution in [-0.2, 0) is 23.8 Å². The van der Waals surface area contributed by atoms with Crippen molar-refractivity contribution in [1.29, 1.82) is 0 Å². The first-order chi connectivity index (χ1) is 3.73. The summed E-state index contributed by atoms with van der Waals surface area (Å²) in [6.07, 6.45) is 0. The molecule has 0 heterocycles. The van der Waals surface area contributed by atoms with Gasteiger partial charge in [-0.1, -0.05) is 0 Å². The van der Waals surface area contributed by atoms with Gasteiger partial charge in [0.25, 0.3) is 0 Å². The van der Waals surface area contributed by atoms with Crippen LogP contribution in [0, 0.1) is 7.43 Å². The number of hydrogen-bond acceptors (Lipinski definition) is 2. The van der Waals surface area contributed by atoms with E-state index in [1.54, 1.807) is 0 Å². The minimum atomic E-state index is -1.94. The van der Waals surface area contributed by atoms with Crippen LogP contribution < -0.4 is 0 Å². The molecule has 0 unspecified atom stereocenters. The molecule has 58 valence electrons. The molecule has 0 amide bonds. The molecular formula is C3H4Cl3MoO2-3. The summed E-state index contributed by atoms with van der Waals surface area (Å²) < 4.78 is 0. The van der Waals surface area contributed by atoms with E-state index in [0.29, 0.717) is 0 Å². The number of rotatable bonds is 0. The van der Waals surface area contributed by atoms with E-state index in [0.717, 1.165) is 0 Å². The average Bonchev–Trinajstić information content (AvgIpc) is 1.75. The molecule has 1 radical (unpaired) electrons. The van der Waals surface area contributed by atoms with E-state index in [1.807, 2.05) is 0 Å². The van der Waals surface area contributed by atoms with Crippen LogP contribution in [0.3, 0.4) is 0 Å². The molecule has 0 aliphatic rings. The first-order valence-electron chi connectivity index (χ1n) is 0.903. The summed E-state index contributed by atoms with van der Waals surface area (Å²) in [5, 5.41) is 0. The van der Waals surface area contributed by atoms with E-state index < -0.39 is 14.2 Å². The predicted molar refractivity (Wildman–Crippen MR) is 36.4 cm³/mol. The molecule has 0 spiro atoms. The van der Waals surface area contributed by atoms with Gasteiger partial charge in [-0.25, -0.2) is 0 Å². The summed E-state index contributed by atoms with van der Waals surface area (Å²) in [5.41, 5.74) is 0. The maximum absolute atomic E-state index is 7.75. The first kappa shape index (κ1) is 22.5. The maximum atomic E-state index is 7.75. The molecular weight excluding hydrogens is 270 g/mol. The molecule has 6 heteroatoms. The van der Waals surface area contributed by atoms with E-state index >= 15 is 0 Å². The van der Waals surface area contributed by atoms with Gasteiger partial charge in [-0.15, -0.1) is 0 Å². The molecule has 0 aromatic heterocycles. The molecule has 9 heavy (non-hydrogen) atoms. The Morgan fingerprint density at radius 2 is 1.11 bits per heavy atom. The Labute approximate surface area is 72.8 Å². The van der Waals surface area contributed by atoms with Gasteiger partial charge in [-0.2, -0.15) is 0 Å². The molecule has 0 bridgehead atoms. The molecule has 0 aromatic rings. The van der Waals surface area contributed by atoms with Crippen LogP contribution in [-0.4, -0.2) is 13.6 Å². The van der Waals surface area contributed by atoms with Crippen molar-refractivity contribution >= 4 is 41.8 Å². The number of hydrogen-bond donors (Lipinski definition) is 0. The minimum absolute atomic E-state index is 0. The van der Waals surface area contributed by atoms with E-state index in [9.17, 15) is 0 Å². The summed E-state index contributed by atoms with van der Waals surface area (Å²) in [7, 11) is 14.9. The fourth-order valence-electron chi connectivity index (χ4n) is 0. The van der Waals surface area contributed by atoms with Crippen LogP contribution >= 0.6 is 28.3 Å². The monoisotopic (exact) mass is 275 g/mol. The van der Waals surface area contributed by atoms with Gasteiger partial charge in [0.15, 0.2) is 0 Å². The molecule has 0 rings (SSSR count). The second-order valence-corrected chi connectivity index (χ2v) is 9.32. The number of carbonyl (C=O) groups excluding carboxylic acids is 2. The predicted octanol–water partition coefficient (Wildman–Crippen LogP) is 1.85. The molecule has 0 saturated heterocycles. The average molecular weight is 274 g/mol. The molecule has 0 atom stereocenters. The van der Waals surface area contributed by atoms with E-state index in [2.05, 4.69) is 13.6 Å². The molecule has 0 aromatic carbocycles. The van der Waals surface area contributed by atoms with E-state index in [4.69, 9.17) is 37.8 Å². The summed E-state index contributed by atoms with van der Waals surface area (Å²) in [4.78, 5) is 15.2. The van der Waals surface area contributed by atoms with Crippen molar-refractivity contribution in [3.8, 4) is 0 Å². The van der Waals surface area contributed by atoms with Gasteiger partial charge in [0.05, 0.1) is 0 Å². The van der Waals surface area contributed by atoms with Gasteiger partial charge in [0.2, 0.25) is 0 Å². The fraction of sp³-hybridized carbons (Fsp3) is 0. The summed E-state index contributed by atoms with van der Waals surface area (Å²) in [6.45, 7) is 7.75. The van der Waals surface area contributed by atoms with Crippen molar-refractivity contribution in [3.05, 3.63) is 7.43 Å². The second-order valence-electron chi connectivity index (χ2n) is 0.175. The van der Waals surface area contributed by atoms with Crippen LogP contribution in [0.5, 0.6) is 0 Å². The Hall–Kier alpha value is 0.898. The van der Waals surface area contributed by atoms with Gasteiger partial charge in [0.1, 0.15) is 0 Å². The van der Waals surface area contributed by atoms with Crippen molar-refractivity contribution in [2.45, 2.75) is 0 Å². The summed E-state index contributed by atoms with van der Waals surface area (Å²) >= 11 is -1.94. The quantitative estimate of drug-likeness (QED) is 0.384. The SMILES string of the molecule is [C-]=O.[CH-]=O.[CH3-].[Cl][Mo]([Cl])[Cl]. The zero-order valence-corrected chi connectivity index (χ0v) is 8.71. The van der Waals surface area contributed by atoms with Crippen LogP contribution in [0.1, 0.15) is 0 Å². The third kappa shape index (κ3) is 525. The van der Waals surface area contributed by atoms with E-state index in [-0.39, 0.29) is 7.43 Å². The standard InChI is InChI=1S/CHO.CO.CH3.3ClH.Mo/c2*1-2;;;;;/h1H;;1H3;3*1H;/q3*-1;;;;+3/p-3. The molecule has 0 aliphatic carbocycles. The van der Waals surface area contributed by atoms with Gasteiger partial charge in [0, 0.05) is 0 Å². The molecule has 2 nitrogen and oxygen atoms in total. The Balaban J connectivity index is -0.0000000221. The Bertz CT molecular complexity index is 33.5. The van der Waals surface area contributed by atoms with Crippen LogP contribution in [0.4, 0.5) is 0 Å². The molecule has 0 aliphatic heterocycles. The zero-order chi connectivity index (χ0) is 7.58. The van der Waals surface area contributed by atoms with Crippen molar-refractivity contribution < 1.29 is 23.8 Å². The van der Waals surface area contributed by atoms with Gasteiger partial charge < -0.3 is 23.8 Å². The van der Waals surface area contributed by atoms with Crippen molar-refractivity contribution in [3.63, 3.8) is 0 Å². The zero-order valence-electron chi connectivity index (χ0n) is 4.44. The van der Waals surface area contributed by atoms with Crippen molar-refractivity contribution in [1.82, 2.24) is 0 Å². The topological polar surface area (TPSA) is 34.1 Å². The Kier molecular flexibility index (Phi) is 91.4. The normalized spacial score (nSPS) is 4.89. The molecule has 0 N–H and O–H groups in total. The Morgan fingerprint density at radius 1 is 1.11 bits per heavy atom. The third-order valence-corrected chi connectivity index (χ3v) is 0. The van der Waals surface area contributed by atoms with Crippen LogP contribution in [0.25, 0.3) is 0 Å². The van der Waals surface area contributed by atoms with E-state index in [1.165, 1.54) is 0 Å². The van der Waals surface area contributed by atoms with Crippen LogP contribution in [0.2, 0.25) is 0 Å². The third-order valence-electron chi connectivity index (χ3n) is 0. The summed E-state index contributed by atoms with van der Waals surface area (Å²) in [6, 6.07) is 0.